The number of hydrogen-bond donors (Lipinski definition) is 2. The first-order chi connectivity index (χ1) is 13.2. The number of fused-ring (bicyclic) bond motifs is 1. The minimum Gasteiger partial charge on any atom is -0.356 e. The molecule has 0 bridgehead atoms. The van der Waals surface area contributed by atoms with Gasteiger partial charge in [0.15, 0.2) is 0 Å². The lowest BCUT2D eigenvalue weighted by Gasteiger charge is -2.06. The van der Waals surface area contributed by atoms with Crippen molar-refractivity contribution in [3.05, 3.63) is 65.2 Å². The zero-order valence-corrected chi connectivity index (χ0v) is 15.9. The number of aromatic nitrogens is 1. The molecule has 140 valence electrons. The zero-order chi connectivity index (χ0) is 18.9. The fourth-order valence-corrected chi connectivity index (χ4v) is 3.75. The van der Waals surface area contributed by atoms with Crippen molar-refractivity contribution in [1.82, 2.24) is 15.6 Å². The highest BCUT2D eigenvalue weighted by Crippen LogP contribution is 2.22. The molecule has 2 amide bonds. The number of benzene rings is 2. The maximum absolute atomic E-state index is 11.9. The van der Waals surface area contributed by atoms with Crippen LogP contribution in [0.2, 0.25) is 0 Å². The summed E-state index contributed by atoms with van der Waals surface area (Å²) in [6.45, 7) is 0.974. The van der Waals surface area contributed by atoms with E-state index in [4.69, 9.17) is 0 Å². The summed E-state index contributed by atoms with van der Waals surface area (Å²) < 4.78 is 1.20. The molecule has 0 fully saturated rings. The van der Waals surface area contributed by atoms with Crippen molar-refractivity contribution < 1.29 is 9.59 Å². The van der Waals surface area contributed by atoms with E-state index >= 15 is 0 Å². The summed E-state index contributed by atoms with van der Waals surface area (Å²) >= 11 is 1.70. The largest absolute Gasteiger partial charge is 0.356 e. The molecular formula is C21H23N3O2S. The minimum absolute atomic E-state index is 0.0423. The van der Waals surface area contributed by atoms with E-state index in [0.29, 0.717) is 25.9 Å². The molecule has 0 atom stereocenters. The van der Waals surface area contributed by atoms with Gasteiger partial charge in [-0.05, 0) is 24.1 Å². The van der Waals surface area contributed by atoms with Gasteiger partial charge in [-0.2, -0.15) is 0 Å². The van der Waals surface area contributed by atoms with Crippen molar-refractivity contribution in [3.8, 4) is 0 Å². The number of nitrogens with zero attached hydrogens (tertiary/aromatic N) is 1. The minimum atomic E-state index is -0.0650. The standard InChI is InChI=1S/C21H23N3O2S/c25-19(12-14-23-20(26)15-16-7-2-1-3-8-16)22-13-6-11-21-24-17-9-4-5-10-18(17)27-21/h1-5,7-10H,6,11-15H2,(H,22,25)(H,23,26). The van der Waals surface area contributed by atoms with Gasteiger partial charge in [0.1, 0.15) is 0 Å². The lowest BCUT2D eigenvalue weighted by molar-refractivity contribution is -0.122. The van der Waals surface area contributed by atoms with Crippen LogP contribution in [0.25, 0.3) is 10.2 Å². The van der Waals surface area contributed by atoms with Gasteiger partial charge in [-0.3, -0.25) is 9.59 Å². The Morgan fingerprint density at radius 1 is 0.889 bits per heavy atom. The lowest BCUT2D eigenvalue weighted by atomic mass is 10.1. The van der Waals surface area contributed by atoms with E-state index in [9.17, 15) is 9.59 Å². The van der Waals surface area contributed by atoms with Crippen LogP contribution < -0.4 is 10.6 Å². The summed E-state index contributed by atoms with van der Waals surface area (Å²) in [5.41, 5.74) is 2.00. The van der Waals surface area contributed by atoms with E-state index in [1.165, 1.54) is 4.70 Å². The molecule has 0 radical (unpaired) electrons. The van der Waals surface area contributed by atoms with E-state index in [1.807, 2.05) is 48.5 Å². The van der Waals surface area contributed by atoms with Crippen molar-refractivity contribution >= 4 is 33.4 Å². The van der Waals surface area contributed by atoms with Gasteiger partial charge in [0, 0.05) is 25.9 Å². The van der Waals surface area contributed by atoms with Crippen molar-refractivity contribution in [1.29, 1.82) is 0 Å². The molecule has 5 nitrogen and oxygen atoms in total. The van der Waals surface area contributed by atoms with Crippen LogP contribution in [-0.2, 0) is 22.4 Å². The molecule has 1 heterocycles. The predicted molar refractivity (Wildman–Crippen MR) is 109 cm³/mol. The van der Waals surface area contributed by atoms with Gasteiger partial charge in [0.25, 0.3) is 0 Å². The molecule has 0 saturated carbocycles. The summed E-state index contributed by atoms with van der Waals surface area (Å²) in [4.78, 5) is 28.3. The Morgan fingerprint density at radius 2 is 1.63 bits per heavy atom. The molecule has 27 heavy (non-hydrogen) atoms. The number of para-hydroxylation sites is 1. The molecular weight excluding hydrogens is 358 g/mol. The molecule has 2 aromatic carbocycles. The van der Waals surface area contributed by atoms with Crippen molar-refractivity contribution in [2.24, 2.45) is 0 Å². The number of thiazole rings is 1. The summed E-state index contributed by atoms with van der Waals surface area (Å²) in [6, 6.07) is 17.7. The van der Waals surface area contributed by atoms with Gasteiger partial charge in [-0.15, -0.1) is 11.3 Å². The molecule has 2 N–H and O–H groups in total. The smallest absolute Gasteiger partial charge is 0.224 e. The first-order valence-electron chi connectivity index (χ1n) is 9.12. The Balaban J connectivity index is 1.28. The van der Waals surface area contributed by atoms with Gasteiger partial charge >= 0.3 is 0 Å². The van der Waals surface area contributed by atoms with Crippen LogP contribution in [0.1, 0.15) is 23.4 Å². The molecule has 0 unspecified atom stereocenters. The Hall–Kier alpha value is -2.73. The van der Waals surface area contributed by atoms with Gasteiger partial charge < -0.3 is 10.6 Å². The monoisotopic (exact) mass is 381 g/mol. The molecule has 1 aromatic heterocycles. The fraction of sp³-hybridized carbons (Fsp3) is 0.286. The summed E-state index contributed by atoms with van der Waals surface area (Å²) in [6.07, 6.45) is 2.34. The molecule has 6 heteroatoms. The molecule has 0 aliphatic rings. The van der Waals surface area contributed by atoms with E-state index in [1.54, 1.807) is 11.3 Å². The second-order valence-electron chi connectivity index (χ2n) is 6.29. The highest BCUT2D eigenvalue weighted by molar-refractivity contribution is 7.18. The van der Waals surface area contributed by atoms with E-state index in [-0.39, 0.29) is 11.8 Å². The van der Waals surface area contributed by atoms with Gasteiger partial charge in [-0.25, -0.2) is 4.98 Å². The topological polar surface area (TPSA) is 71.1 Å². The third kappa shape index (κ3) is 6.18. The number of rotatable bonds is 9. The number of aryl methyl sites for hydroxylation is 1. The van der Waals surface area contributed by atoms with E-state index in [0.717, 1.165) is 28.9 Å². The zero-order valence-electron chi connectivity index (χ0n) is 15.1. The third-order valence-electron chi connectivity index (χ3n) is 4.11. The van der Waals surface area contributed by atoms with Crippen molar-refractivity contribution in [2.45, 2.75) is 25.7 Å². The summed E-state index contributed by atoms with van der Waals surface area (Å²) in [7, 11) is 0. The van der Waals surface area contributed by atoms with E-state index in [2.05, 4.69) is 21.7 Å². The predicted octanol–water partition coefficient (Wildman–Crippen LogP) is 3.09. The molecule has 3 aromatic rings. The van der Waals surface area contributed by atoms with Crippen LogP contribution >= 0.6 is 11.3 Å². The normalized spacial score (nSPS) is 10.7. The first-order valence-corrected chi connectivity index (χ1v) is 9.94. The van der Waals surface area contributed by atoms with Crippen LogP contribution in [0.4, 0.5) is 0 Å². The van der Waals surface area contributed by atoms with Gasteiger partial charge in [0.05, 0.1) is 21.6 Å². The van der Waals surface area contributed by atoms with Crippen LogP contribution in [0.3, 0.4) is 0 Å². The number of amides is 2. The van der Waals surface area contributed by atoms with Crippen LogP contribution in [0, 0.1) is 0 Å². The number of carbonyl (C=O) groups excluding carboxylic acids is 2. The molecule has 0 saturated heterocycles. The van der Waals surface area contributed by atoms with Crippen LogP contribution in [-0.4, -0.2) is 29.9 Å². The number of hydrogen-bond acceptors (Lipinski definition) is 4. The molecule has 0 spiro atoms. The second kappa shape index (κ2) is 9.83. The Labute approximate surface area is 162 Å². The average molecular weight is 382 g/mol. The summed E-state index contributed by atoms with van der Waals surface area (Å²) in [5, 5.41) is 6.78. The Morgan fingerprint density at radius 3 is 2.44 bits per heavy atom. The second-order valence-corrected chi connectivity index (χ2v) is 7.41. The molecule has 0 aliphatic heterocycles. The van der Waals surface area contributed by atoms with Crippen molar-refractivity contribution in [3.63, 3.8) is 0 Å². The third-order valence-corrected chi connectivity index (χ3v) is 5.21. The molecule has 0 aliphatic carbocycles. The Bertz CT molecular complexity index is 860. The SMILES string of the molecule is O=C(CCNC(=O)Cc1ccccc1)NCCCc1nc2ccccc2s1. The maximum Gasteiger partial charge on any atom is 0.224 e. The number of carbonyl (C=O) groups is 2. The quantitative estimate of drug-likeness (QED) is 0.560. The Kier molecular flexibility index (Phi) is 6.93. The van der Waals surface area contributed by atoms with Gasteiger partial charge in [0.2, 0.25) is 11.8 Å². The average Bonchev–Trinajstić information content (AvgIpc) is 3.09. The highest BCUT2D eigenvalue weighted by atomic mass is 32.1. The highest BCUT2D eigenvalue weighted by Gasteiger charge is 2.06. The van der Waals surface area contributed by atoms with E-state index < -0.39 is 0 Å². The summed E-state index contributed by atoms with van der Waals surface area (Å²) in [5.74, 6) is -0.107. The van der Waals surface area contributed by atoms with Crippen LogP contribution in [0.5, 0.6) is 0 Å². The fourth-order valence-electron chi connectivity index (χ4n) is 2.74. The lowest BCUT2D eigenvalue weighted by Crippen LogP contribution is -2.32. The van der Waals surface area contributed by atoms with Gasteiger partial charge in [-0.1, -0.05) is 42.5 Å². The number of nitrogens with one attached hydrogen (secondary N) is 2. The maximum atomic E-state index is 11.9. The van der Waals surface area contributed by atoms with Crippen molar-refractivity contribution in [2.75, 3.05) is 13.1 Å². The van der Waals surface area contributed by atoms with Crippen LogP contribution in [0.15, 0.2) is 54.6 Å². The molecule has 3 rings (SSSR count). The first kappa shape index (κ1) is 19.0.